The zero-order chi connectivity index (χ0) is 11.1. The Morgan fingerprint density at radius 1 is 1.33 bits per heavy atom. The van der Waals surface area contributed by atoms with Gasteiger partial charge in [0.05, 0.1) is 0 Å². The highest BCUT2D eigenvalue weighted by Gasteiger charge is 2.10. The number of rotatable bonds is 6. The van der Waals surface area contributed by atoms with E-state index in [0.29, 0.717) is 6.42 Å². The molecule has 0 spiro atoms. The van der Waals surface area contributed by atoms with Crippen LogP contribution in [0.2, 0.25) is 0 Å². The van der Waals surface area contributed by atoms with Gasteiger partial charge in [-0.05, 0) is 24.8 Å². The van der Waals surface area contributed by atoms with Crippen molar-refractivity contribution in [2.45, 2.75) is 25.4 Å². The van der Waals surface area contributed by atoms with Crippen molar-refractivity contribution in [3.05, 3.63) is 46.0 Å². The maximum absolute atomic E-state index is 10.1. The Morgan fingerprint density at radius 3 is 2.60 bits per heavy atom. The van der Waals surface area contributed by atoms with E-state index >= 15 is 0 Å². The number of nitro groups is 1. The second kappa shape index (κ2) is 6.14. The molecule has 0 saturated carbocycles. The van der Waals surface area contributed by atoms with Gasteiger partial charge < -0.3 is 5.11 Å². The highest BCUT2D eigenvalue weighted by atomic mass is 16.6. The predicted molar refractivity (Wildman–Crippen MR) is 57.2 cm³/mol. The molecule has 82 valence electrons. The van der Waals surface area contributed by atoms with Gasteiger partial charge in [0, 0.05) is 4.92 Å². The molecule has 0 aliphatic rings. The molecular weight excluding hydrogens is 194 g/mol. The van der Waals surface area contributed by atoms with Crippen LogP contribution in [0.5, 0.6) is 0 Å². The van der Waals surface area contributed by atoms with Crippen molar-refractivity contribution in [3.63, 3.8) is 0 Å². The van der Waals surface area contributed by atoms with Gasteiger partial charge >= 0.3 is 0 Å². The molecule has 1 unspecified atom stereocenters. The van der Waals surface area contributed by atoms with Crippen molar-refractivity contribution < 1.29 is 10.0 Å². The molecule has 1 N–H and O–H groups in total. The summed E-state index contributed by atoms with van der Waals surface area (Å²) in [5.41, 5.74) is 1.20. The number of aliphatic hydroxyl groups is 1. The van der Waals surface area contributed by atoms with Crippen LogP contribution >= 0.6 is 0 Å². The number of hydrogen-bond donors (Lipinski definition) is 1. The second-order valence-electron chi connectivity index (χ2n) is 3.55. The molecule has 0 fully saturated rings. The number of aliphatic hydroxyl groups excluding tert-OH is 1. The summed E-state index contributed by atoms with van der Waals surface area (Å²) in [6.07, 6.45) is 1.30. The van der Waals surface area contributed by atoms with Gasteiger partial charge in [-0.15, -0.1) is 0 Å². The number of aryl methyl sites for hydroxylation is 1. The number of nitrogens with zero attached hydrogens (tertiary/aromatic N) is 1. The summed E-state index contributed by atoms with van der Waals surface area (Å²) < 4.78 is 0. The Bertz CT molecular complexity index is 300. The van der Waals surface area contributed by atoms with Crippen molar-refractivity contribution in [2.24, 2.45) is 0 Å². The molecule has 1 atom stereocenters. The fraction of sp³-hybridized carbons (Fsp3) is 0.455. The summed E-state index contributed by atoms with van der Waals surface area (Å²) in [7, 11) is 0. The lowest BCUT2D eigenvalue weighted by Gasteiger charge is -2.05. The van der Waals surface area contributed by atoms with Crippen LogP contribution in [-0.2, 0) is 6.42 Å². The van der Waals surface area contributed by atoms with Crippen molar-refractivity contribution in [3.8, 4) is 0 Å². The van der Waals surface area contributed by atoms with E-state index in [-0.39, 0.29) is 6.54 Å². The zero-order valence-electron chi connectivity index (χ0n) is 8.50. The molecule has 0 radical (unpaired) electrons. The van der Waals surface area contributed by atoms with E-state index in [0.717, 1.165) is 12.8 Å². The predicted octanol–water partition coefficient (Wildman–Crippen LogP) is 1.65. The molecule has 4 nitrogen and oxygen atoms in total. The van der Waals surface area contributed by atoms with E-state index < -0.39 is 11.0 Å². The third-order valence-electron chi connectivity index (χ3n) is 2.21. The molecule has 1 aromatic carbocycles. The summed E-state index contributed by atoms with van der Waals surface area (Å²) >= 11 is 0. The summed E-state index contributed by atoms with van der Waals surface area (Å²) in [5.74, 6) is 0. The molecular formula is C11H15NO3. The molecule has 15 heavy (non-hydrogen) atoms. The second-order valence-corrected chi connectivity index (χ2v) is 3.55. The van der Waals surface area contributed by atoms with Gasteiger partial charge in [-0.2, -0.15) is 0 Å². The Morgan fingerprint density at radius 2 is 2.00 bits per heavy atom. The van der Waals surface area contributed by atoms with Crippen molar-refractivity contribution in [1.29, 1.82) is 0 Å². The van der Waals surface area contributed by atoms with E-state index in [9.17, 15) is 15.2 Å². The SMILES string of the molecule is O=[N+]([O-])CC(O)CCCc1ccccc1. The van der Waals surface area contributed by atoms with Crippen LogP contribution in [0, 0.1) is 10.1 Å². The van der Waals surface area contributed by atoms with Gasteiger partial charge in [-0.25, -0.2) is 0 Å². The normalized spacial score (nSPS) is 12.3. The minimum absolute atomic E-state index is 0.352. The van der Waals surface area contributed by atoms with E-state index in [1.165, 1.54) is 5.56 Å². The quantitative estimate of drug-likeness (QED) is 0.572. The largest absolute Gasteiger partial charge is 0.386 e. The monoisotopic (exact) mass is 209 g/mol. The third kappa shape index (κ3) is 5.12. The smallest absolute Gasteiger partial charge is 0.229 e. The minimum Gasteiger partial charge on any atom is -0.386 e. The van der Waals surface area contributed by atoms with Crippen LogP contribution in [0.15, 0.2) is 30.3 Å². The van der Waals surface area contributed by atoms with Crippen LogP contribution in [0.25, 0.3) is 0 Å². The van der Waals surface area contributed by atoms with Crippen LogP contribution in [0.4, 0.5) is 0 Å². The molecule has 0 aliphatic heterocycles. The Labute approximate surface area is 88.7 Å². The zero-order valence-corrected chi connectivity index (χ0v) is 8.50. The molecule has 1 aromatic rings. The fourth-order valence-electron chi connectivity index (χ4n) is 1.45. The first-order valence-corrected chi connectivity index (χ1v) is 5.02. The van der Waals surface area contributed by atoms with Gasteiger partial charge in [0.15, 0.2) is 0 Å². The molecule has 0 saturated heterocycles. The standard InChI is InChI=1S/C11H15NO3/c13-11(9-12(14)15)8-4-7-10-5-2-1-3-6-10/h1-3,5-6,11,13H,4,7-9H2. The Hall–Kier alpha value is -1.42. The molecule has 0 aliphatic carbocycles. The van der Waals surface area contributed by atoms with Crippen LogP contribution < -0.4 is 0 Å². The lowest BCUT2D eigenvalue weighted by molar-refractivity contribution is -0.490. The first kappa shape index (κ1) is 11.7. The maximum atomic E-state index is 10.1. The molecule has 0 aromatic heterocycles. The van der Waals surface area contributed by atoms with Gasteiger partial charge in [-0.1, -0.05) is 30.3 Å². The van der Waals surface area contributed by atoms with Crippen molar-refractivity contribution in [2.75, 3.05) is 6.54 Å². The van der Waals surface area contributed by atoms with Crippen molar-refractivity contribution in [1.82, 2.24) is 0 Å². The molecule has 0 amide bonds. The van der Waals surface area contributed by atoms with Gasteiger partial charge in [0.25, 0.3) is 0 Å². The Kier molecular flexibility index (Phi) is 4.77. The van der Waals surface area contributed by atoms with Gasteiger partial charge in [0.2, 0.25) is 6.54 Å². The number of hydrogen-bond acceptors (Lipinski definition) is 3. The lowest BCUT2D eigenvalue weighted by Crippen LogP contribution is -2.19. The molecule has 0 bridgehead atoms. The molecule has 0 heterocycles. The van der Waals surface area contributed by atoms with Crippen LogP contribution in [0.1, 0.15) is 18.4 Å². The summed E-state index contributed by atoms with van der Waals surface area (Å²) in [4.78, 5) is 9.61. The van der Waals surface area contributed by atoms with E-state index in [1.807, 2.05) is 30.3 Å². The molecule has 1 rings (SSSR count). The van der Waals surface area contributed by atoms with Crippen LogP contribution in [-0.4, -0.2) is 22.7 Å². The highest BCUT2D eigenvalue weighted by Crippen LogP contribution is 2.06. The van der Waals surface area contributed by atoms with Gasteiger partial charge in [-0.3, -0.25) is 10.1 Å². The van der Waals surface area contributed by atoms with Gasteiger partial charge in [0.1, 0.15) is 6.10 Å². The number of benzene rings is 1. The first-order chi connectivity index (χ1) is 7.18. The Balaban J connectivity index is 2.19. The maximum Gasteiger partial charge on any atom is 0.229 e. The van der Waals surface area contributed by atoms with E-state index in [1.54, 1.807) is 0 Å². The minimum atomic E-state index is -0.816. The van der Waals surface area contributed by atoms with Crippen molar-refractivity contribution >= 4 is 0 Å². The average molecular weight is 209 g/mol. The molecule has 4 heteroatoms. The van der Waals surface area contributed by atoms with Crippen LogP contribution in [0.3, 0.4) is 0 Å². The summed E-state index contributed by atoms with van der Waals surface area (Å²) in [6.45, 7) is -0.352. The summed E-state index contributed by atoms with van der Waals surface area (Å²) in [5, 5.41) is 19.3. The summed E-state index contributed by atoms with van der Waals surface area (Å²) in [6, 6.07) is 9.90. The average Bonchev–Trinajstić information content (AvgIpc) is 2.18. The third-order valence-corrected chi connectivity index (χ3v) is 2.21. The first-order valence-electron chi connectivity index (χ1n) is 5.02. The highest BCUT2D eigenvalue weighted by molar-refractivity contribution is 5.14. The topological polar surface area (TPSA) is 63.4 Å². The fourth-order valence-corrected chi connectivity index (χ4v) is 1.45. The van der Waals surface area contributed by atoms with E-state index in [4.69, 9.17) is 0 Å². The lowest BCUT2D eigenvalue weighted by atomic mass is 10.1. The van der Waals surface area contributed by atoms with E-state index in [2.05, 4.69) is 0 Å².